The van der Waals surface area contributed by atoms with E-state index in [0.717, 1.165) is 0 Å². The maximum absolute atomic E-state index is 12.9. The van der Waals surface area contributed by atoms with Crippen LogP contribution in [0.3, 0.4) is 0 Å². The zero-order valence-electron chi connectivity index (χ0n) is 9.87. The molecule has 5 heteroatoms. The standard InChI is InChI=1S/C13H10ClFN2O/c1-7-11(8(2)18)6-16-13(17-7)10-4-3-9(15)5-12(10)14/h3-6H,1-2H3. The van der Waals surface area contributed by atoms with Gasteiger partial charge in [0, 0.05) is 11.8 Å². The van der Waals surface area contributed by atoms with E-state index in [2.05, 4.69) is 9.97 Å². The van der Waals surface area contributed by atoms with E-state index in [9.17, 15) is 9.18 Å². The molecule has 0 bridgehead atoms. The Labute approximate surface area is 109 Å². The molecule has 2 rings (SSSR count). The van der Waals surface area contributed by atoms with E-state index >= 15 is 0 Å². The number of hydrogen-bond acceptors (Lipinski definition) is 3. The van der Waals surface area contributed by atoms with Crippen molar-refractivity contribution < 1.29 is 9.18 Å². The van der Waals surface area contributed by atoms with Gasteiger partial charge in [-0.2, -0.15) is 0 Å². The van der Waals surface area contributed by atoms with Crippen molar-refractivity contribution >= 4 is 17.4 Å². The minimum Gasteiger partial charge on any atom is -0.294 e. The summed E-state index contributed by atoms with van der Waals surface area (Å²) in [4.78, 5) is 19.6. The highest BCUT2D eigenvalue weighted by Crippen LogP contribution is 2.26. The number of halogens is 2. The number of aromatic nitrogens is 2. The van der Waals surface area contributed by atoms with Gasteiger partial charge in [0.2, 0.25) is 0 Å². The van der Waals surface area contributed by atoms with Gasteiger partial charge in [-0.25, -0.2) is 14.4 Å². The van der Waals surface area contributed by atoms with Crippen LogP contribution < -0.4 is 0 Å². The molecule has 92 valence electrons. The van der Waals surface area contributed by atoms with Gasteiger partial charge in [-0.15, -0.1) is 0 Å². The van der Waals surface area contributed by atoms with Crippen LogP contribution in [0.15, 0.2) is 24.4 Å². The Morgan fingerprint density at radius 3 is 2.67 bits per heavy atom. The lowest BCUT2D eigenvalue weighted by molar-refractivity contribution is 0.101. The second-order valence-electron chi connectivity index (χ2n) is 3.87. The first-order valence-electron chi connectivity index (χ1n) is 5.29. The van der Waals surface area contributed by atoms with E-state index in [1.807, 2.05) is 0 Å². The number of aryl methyl sites for hydroxylation is 1. The zero-order chi connectivity index (χ0) is 13.3. The van der Waals surface area contributed by atoms with E-state index in [0.29, 0.717) is 22.6 Å². The Balaban J connectivity index is 2.52. The SMILES string of the molecule is CC(=O)c1cnc(-c2ccc(F)cc2Cl)nc1C. The summed E-state index contributed by atoms with van der Waals surface area (Å²) < 4.78 is 12.9. The zero-order valence-corrected chi connectivity index (χ0v) is 10.6. The Hall–Kier alpha value is -1.81. The molecule has 0 amide bonds. The lowest BCUT2D eigenvalue weighted by Crippen LogP contribution is -2.02. The third kappa shape index (κ3) is 2.38. The number of benzene rings is 1. The monoisotopic (exact) mass is 264 g/mol. The van der Waals surface area contributed by atoms with E-state index in [1.165, 1.54) is 31.3 Å². The summed E-state index contributed by atoms with van der Waals surface area (Å²) in [6.45, 7) is 3.18. The van der Waals surface area contributed by atoms with Gasteiger partial charge in [0.15, 0.2) is 11.6 Å². The fourth-order valence-corrected chi connectivity index (χ4v) is 1.87. The van der Waals surface area contributed by atoms with E-state index in [1.54, 1.807) is 6.92 Å². The third-order valence-corrected chi connectivity index (χ3v) is 2.84. The van der Waals surface area contributed by atoms with Gasteiger partial charge in [-0.3, -0.25) is 4.79 Å². The average molecular weight is 265 g/mol. The van der Waals surface area contributed by atoms with Gasteiger partial charge in [0.05, 0.1) is 16.3 Å². The molecule has 0 spiro atoms. The smallest absolute Gasteiger partial charge is 0.163 e. The van der Waals surface area contributed by atoms with Crippen LogP contribution in [-0.2, 0) is 0 Å². The maximum atomic E-state index is 12.9. The van der Waals surface area contributed by atoms with Gasteiger partial charge < -0.3 is 0 Å². The van der Waals surface area contributed by atoms with Crippen LogP contribution in [0.1, 0.15) is 23.0 Å². The highest BCUT2D eigenvalue weighted by molar-refractivity contribution is 6.33. The van der Waals surface area contributed by atoms with Crippen LogP contribution in [-0.4, -0.2) is 15.8 Å². The van der Waals surface area contributed by atoms with Crippen LogP contribution in [0.5, 0.6) is 0 Å². The van der Waals surface area contributed by atoms with Crippen LogP contribution in [0.4, 0.5) is 4.39 Å². The van der Waals surface area contributed by atoms with Gasteiger partial charge in [0.25, 0.3) is 0 Å². The number of rotatable bonds is 2. The van der Waals surface area contributed by atoms with Crippen molar-refractivity contribution in [2.24, 2.45) is 0 Å². The number of nitrogens with zero attached hydrogens (tertiary/aromatic N) is 2. The van der Waals surface area contributed by atoms with Crippen molar-refractivity contribution in [3.8, 4) is 11.4 Å². The van der Waals surface area contributed by atoms with Crippen molar-refractivity contribution in [1.29, 1.82) is 0 Å². The second kappa shape index (κ2) is 4.82. The molecule has 1 aromatic carbocycles. The summed E-state index contributed by atoms with van der Waals surface area (Å²) in [5.74, 6) is -0.132. The molecule has 0 N–H and O–H groups in total. The molecule has 1 aromatic heterocycles. The molecule has 0 saturated carbocycles. The molecule has 18 heavy (non-hydrogen) atoms. The predicted molar refractivity (Wildman–Crippen MR) is 67.2 cm³/mol. The lowest BCUT2D eigenvalue weighted by Gasteiger charge is -2.06. The largest absolute Gasteiger partial charge is 0.294 e. The number of Topliss-reactive ketones (excluding diaryl/α,β-unsaturated/α-hetero) is 1. The van der Waals surface area contributed by atoms with E-state index < -0.39 is 5.82 Å². The molecule has 0 aliphatic heterocycles. The first-order valence-corrected chi connectivity index (χ1v) is 5.67. The minimum atomic E-state index is -0.416. The summed E-state index contributed by atoms with van der Waals surface area (Å²) in [5, 5.41) is 0.241. The molecule has 1 heterocycles. The van der Waals surface area contributed by atoms with Crippen LogP contribution >= 0.6 is 11.6 Å². The van der Waals surface area contributed by atoms with Crippen molar-refractivity contribution in [2.45, 2.75) is 13.8 Å². The fraction of sp³-hybridized carbons (Fsp3) is 0.154. The van der Waals surface area contributed by atoms with Crippen molar-refractivity contribution in [3.63, 3.8) is 0 Å². The number of hydrogen-bond donors (Lipinski definition) is 0. The molecule has 0 unspecified atom stereocenters. The molecule has 0 atom stereocenters. The van der Waals surface area contributed by atoms with Crippen LogP contribution in [0, 0.1) is 12.7 Å². The van der Waals surface area contributed by atoms with Gasteiger partial charge >= 0.3 is 0 Å². The van der Waals surface area contributed by atoms with Crippen LogP contribution in [0.2, 0.25) is 5.02 Å². The van der Waals surface area contributed by atoms with E-state index in [4.69, 9.17) is 11.6 Å². The minimum absolute atomic E-state index is 0.0933. The normalized spacial score (nSPS) is 10.4. The lowest BCUT2D eigenvalue weighted by atomic mass is 10.1. The Morgan fingerprint density at radius 2 is 2.11 bits per heavy atom. The molecule has 0 aliphatic rings. The summed E-state index contributed by atoms with van der Waals surface area (Å²) in [5.41, 5.74) is 1.58. The summed E-state index contributed by atoms with van der Waals surface area (Å²) in [6, 6.07) is 4.01. The molecule has 0 fully saturated rings. The second-order valence-corrected chi connectivity index (χ2v) is 4.28. The molecular formula is C13H10ClFN2O. The first-order chi connectivity index (χ1) is 8.49. The van der Waals surface area contributed by atoms with Crippen molar-refractivity contribution in [2.75, 3.05) is 0 Å². The summed E-state index contributed by atoms with van der Waals surface area (Å²) in [7, 11) is 0. The molecule has 3 nitrogen and oxygen atoms in total. The summed E-state index contributed by atoms with van der Waals surface area (Å²) >= 11 is 5.93. The molecule has 0 saturated heterocycles. The first kappa shape index (κ1) is 12.6. The van der Waals surface area contributed by atoms with Crippen molar-refractivity contribution in [3.05, 3.63) is 46.5 Å². The fourth-order valence-electron chi connectivity index (χ4n) is 1.61. The predicted octanol–water partition coefficient (Wildman–Crippen LogP) is 3.45. The van der Waals surface area contributed by atoms with Gasteiger partial charge in [-0.1, -0.05) is 11.6 Å². The molecular weight excluding hydrogens is 255 g/mol. The number of ketones is 1. The van der Waals surface area contributed by atoms with E-state index in [-0.39, 0.29) is 10.8 Å². The topological polar surface area (TPSA) is 42.9 Å². The quantitative estimate of drug-likeness (QED) is 0.780. The molecule has 2 aromatic rings. The number of carbonyl (C=O) groups is 1. The number of carbonyl (C=O) groups excluding carboxylic acids is 1. The third-order valence-electron chi connectivity index (χ3n) is 2.53. The van der Waals surface area contributed by atoms with Crippen molar-refractivity contribution in [1.82, 2.24) is 9.97 Å². The maximum Gasteiger partial charge on any atom is 0.163 e. The Bertz CT molecular complexity index is 628. The Kier molecular flexibility index (Phi) is 3.39. The summed E-state index contributed by atoms with van der Waals surface area (Å²) in [6.07, 6.45) is 1.46. The molecule has 0 aliphatic carbocycles. The Morgan fingerprint density at radius 1 is 1.39 bits per heavy atom. The average Bonchev–Trinajstić information content (AvgIpc) is 2.28. The molecule has 0 radical (unpaired) electrons. The van der Waals surface area contributed by atoms with Gasteiger partial charge in [-0.05, 0) is 32.0 Å². The highest BCUT2D eigenvalue weighted by Gasteiger charge is 2.11. The van der Waals surface area contributed by atoms with Crippen LogP contribution in [0.25, 0.3) is 11.4 Å². The highest BCUT2D eigenvalue weighted by atomic mass is 35.5. The van der Waals surface area contributed by atoms with Gasteiger partial charge in [0.1, 0.15) is 5.82 Å².